The molecule has 1 nitrogen and oxygen atoms in total. The predicted molar refractivity (Wildman–Crippen MR) is 81.5 cm³/mol. The molecule has 0 heterocycles. The summed E-state index contributed by atoms with van der Waals surface area (Å²) in [5.74, 6) is 2.68. The van der Waals surface area contributed by atoms with Gasteiger partial charge in [0.15, 0.2) is 0 Å². The minimum absolute atomic E-state index is 0.744. The number of fused-ring (bicyclic) bond motifs is 1. The average Bonchev–Trinajstić information content (AvgIpc) is 2.81. The van der Waals surface area contributed by atoms with Crippen molar-refractivity contribution >= 4 is 0 Å². The molecular weight excluding hydrogens is 230 g/mol. The van der Waals surface area contributed by atoms with Crippen LogP contribution in [-0.4, -0.2) is 12.6 Å². The van der Waals surface area contributed by atoms with Crippen LogP contribution in [0.4, 0.5) is 0 Å². The van der Waals surface area contributed by atoms with E-state index in [1.165, 1.54) is 32.1 Å². The van der Waals surface area contributed by atoms with Crippen LogP contribution in [0.15, 0.2) is 24.3 Å². The van der Waals surface area contributed by atoms with Crippen LogP contribution in [-0.2, 0) is 6.42 Å². The predicted octanol–water partition coefficient (Wildman–Crippen LogP) is 4.13. The van der Waals surface area contributed by atoms with Crippen LogP contribution in [0.5, 0.6) is 0 Å². The molecule has 0 saturated heterocycles. The van der Waals surface area contributed by atoms with Gasteiger partial charge < -0.3 is 5.32 Å². The molecule has 1 aromatic carbocycles. The van der Waals surface area contributed by atoms with E-state index in [4.69, 9.17) is 0 Å². The minimum Gasteiger partial charge on any atom is -0.314 e. The van der Waals surface area contributed by atoms with Crippen molar-refractivity contribution in [1.29, 1.82) is 0 Å². The maximum atomic E-state index is 3.78. The fourth-order valence-corrected chi connectivity index (χ4v) is 4.20. The maximum absolute atomic E-state index is 3.78. The monoisotopic (exact) mass is 257 g/mol. The van der Waals surface area contributed by atoms with Gasteiger partial charge in [0, 0.05) is 6.04 Å². The Morgan fingerprint density at radius 1 is 1.26 bits per heavy atom. The number of rotatable bonds is 5. The van der Waals surface area contributed by atoms with E-state index in [1.54, 1.807) is 11.1 Å². The molecule has 2 aliphatic carbocycles. The number of hydrogen-bond acceptors (Lipinski definition) is 1. The maximum Gasteiger partial charge on any atom is 0.0101 e. The molecule has 1 aromatic rings. The van der Waals surface area contributed by atoms with E-state index in [0.29, 0.717) is 0 Å². The summed E-state index contributed by atoms with van der Waals surface area (Å²) in [5, 5.41) is 3.78. The molecule has 19 heavy (non-hydrogen) atoms. The summed E-state index contributed by atoms with van der Waals surface area (Å²) in [5.41, 5.74) is 3.21. The van der Waals surface area contributed by atoms with Crippen molar-refractivity contribution in [2.24, 2.45) is 11.8 Å². The Kier molecular flexibility index (Phi) is 3.93. The van der Waals surface area contributed by atoms with Crippen LogP contribution in [0, 0.1) is 11.8 Å². The molecule has 1 fully saturated rings. The molecular formula is C18H27N. The normalized spacial score (nSPS) is 30.7. The second kappa shape index (κ2) is 5.66. The van der Waals surface area contributed by atoms with E-state index in [9.17, 15) is 0 Å². The quantitative estimate of drug-likeness (QED) is 0.836. The molecule has 104 valence electrons. The van der Waals surface area contributed by atoms with Gasteiger partial charge in [0.25, 0.3) is 0 Å². The summed E-state index contributed by atoms with van der Waals surface area (Å²) in [4.78, 5) is 0. The van der Waals surface area contributed by atoms with E-state index in [1.807, 2.05) is 0 Å². The molecule has 0 aliphatic heterocycles. The van der Waals surface area contributed by atoms with Crippen LogP contribution in [0.3, 0.4) is 0 Å². The lowest BCUT2D eigenvalue weighted by Crippen LogP contribution is -2.38. The first-order chi connectivity index (χ1) is 9.28. The second-order valence-electron chi connectivity index (χ2n) is 6.68. The third-order valence-corrected chi connectivity index (χ3v) is 5.27. The van der Waals surface area contributed by atoms with E-state index in [2.05, 4.69) is 43.4 Å². The molecule has 3 rings (SSSR count). The second-order valence-corrected chi connectivity index (χ2v) is 6.68. The molecule has 2 aliphatic rings. The Bertz CT molecular complexity index is 425. The number of hydrogen-bond donors (Lipinski definition) is 1. The first-order valence-corrected chi connectivity index (χ1v) is 8.09. The molecule has 1 saturated carbocycles. The zero-order valence-electron chi connectivity index (χ0n) is 12.4. The largest absolute Gasteiger partial charge is 0.314 e. The molecule has 1 N–H and O–H groups in total. The van der Waals surface area contributed by atoms with Crippen molar-refractivity contribution in [2.75, 3.05) is 6.54 Å². The lowest BCUT2D eigenvalue weighted by molar-refractivity contribution is 0.310. The van der Waals surface area contributed by atoms with Crippen molar-refractivity contribution in [3.8, 4) is 0 Å². The number of nitrogens with one attached hydrogen (secondary N) is 1. The van der Waals surface area contributed by atoms with Gasteiger partial charge in [-0.3, -0.25) is 0 Å². The Hall–Kier alpha value is -0.820. The average molecular weight is 257 g/mol. The Morgan fingerprint density at radius 3 is 2.79 bits per heavy atom. The third-order valence-electron chi connectivity index (χ3n) is 5.27. The molecule has 4 unspecified atom stereocenters. The van der Waals surface area contributed by atoms with E-state index in [0.717, 1.165) is 30.3 Å². The highest BCUT2D eigenvalue weighted by atomic mass is 14.9. The highest BCUT2D eigenvalue weighted by molar-refractivity contribution is 5.39. The molecule has 0 radical (unpaired) electrons. The Labute approximate surface area is 117 Å². The third kappa shape index (κ3) is 2.72. The molecule has 4 atom stereocenters. The van der Waals surface area contributed by atoms with Crippen LogP contribution < -0.4 is 5.32 Å². The zero-order chi connectivity index (χ0) is 13.2. The van der Waals surface area contributed by atoms with Crippen LogP contribution >= 0.6 is 0 Å². The first kappa shape index (κ1) is 13.2. The van der Waals surface area contributed by atoms with Gasteiger partial charge in [-0.25, -0.2) is 0 Å². The summed E-state index contributed by atoms with van der Waals surface area (Å²) in [6.07, 6.45) is 6.97. The highest BCUT2D eigenvalue weighted by Gasteiger charge is 2.33. The summed E-state index contributed by atoms with van der Waals surface area (Å²) in [6, 6.07) is 9.75. The van der Waals surface area contributed by atoms with Gasteiger partial charge >= 0.3 is 0 Å². The van der Waals surface area contributed by atoms with E-state index >= 15 is 0 Å². The molecule has 0 bridgehead atoms. The van der Waals surface area contributed by atoms with Crippen molar-refractivity contribution in [3.63, 3.8) is 0 Å². The van der Waals surface area contributed by atoms with Crippen LogP contribution in [0.2, 0.25) is 0 Å². The van der Waals surface area contributed by atoms with Gasteiger partial charge in [0.05, 0.1) is 0 Å². The van der Waals surface area contributed by atoms with Crippen molar-refractivity contribution in [3.05, 3.63) is 35.4 Å². The van der Waals surface area contributed by atoms with Gasteiger partial charge in [0.1, 0.15) is 0 Å². The van der Waals surface area contributed by atoms with Gasteiger partial charge in [-0.15, -0.1) is 0 Å². The standard InChI is InChI=1S/C18H27N/c1-3-19-18(15-9-8-13(2)10-15)12-16-11-14-6-4-5-7-17(14)16/h4-7,13,15-16,18-19H,3,8-12H2,1-2H3. The lowest BCUT2D eigenvalue weighted by atomic mass is 9.73. The van der Waals surface area contributed by atoms with Gasteiger partial charge in [0.2, 0.25) is 0 Å². The summed E-state index contributed by atoms with van der Waals surface area (Å²) < 4.78 is 0. The summed E-state index contributed by atoms with van der Waals surface area (Å²) in [6.45, 7) is 5.78. The molecule has 0 aromatic heterocycles. The van der Waals surface area contributed by atoms with Crippen molar-refractivity contribution in [2.45, 2.75) is 57.9 Å². The first-order valence-electron chi connectivity index (χ1n) is 8.09. The Morgan fingerprint density at radius 2 is 2.11 bits per heavy atom. The van der Waals surface area contributed by atoms with Crippen molar-refractivity contribution < 1.29 is 0 Å². The molecule has 0 amide bonds. The van der Waals surface area contributed by atoms with Gasteiger partial charge in [-0.2, -0.15) is 0 Å². The zero-order valence-corrected chi connectivity index (χ0v) is 12.4. The minimum atomic E-state index is 0.744. The summed E-state index contributed by atoms with van der Waals surface area (Å²) >= 11 is 0. The summed E-state index contributed by atoms with van der Waals surface area (Å²) in [7, 11) is 0. The van der Waals surface area contributed by atoms with E-state index < -0.39 is 0 Å². The molecule has 1 heteroatoms. The van der Waals surface area contributed by atoms with Gasteiger partial charge in [-0.1, -0.05) is 44.5 Å². The molecule has 0 spiro atoms. The lowest BCUT2D eigenvalue weighted by Gasteiger charge is -2.35. The Balaban J connectivity index is 1.63. The fraction of sp³-hybridized carbons (Fsp3) is 0.667. The fourth-order valence-electron chi connectivity index (χ4n) is 4.20. The van der Waals surface area contributed by atoms with Crippen molar-refractivity contribution in [1.82, 2.24) is 5.32 Å². The smallest absolute Gasteiger partial charge is 0.0101 e. The topological polar surface area (TPSA) is 12.0 Å². The SMILES string of the molecule is CCNC(CC1Cc2ccccc21)C1CCC(C)C1. The highest BCUT2D eigenvalue weighted by Crippen LogP contribution is 2.41. The van der Waals surface area contributed by atoms with Gasteiger partial charge in [-0.05, 0) is 61.1 Å². The van der Waals surface area contributed by atoms with Crippen LogP contribution in [0.1, 0.15) is 56.6 Å². The van der Waals surface area contributed by atoms with Crippen LogP contribution in [0.25, 0.3) is 0 Å². The van der Waals surface area contributed by atoms with E-state index in [-0.39, 0.29) is 0 Å². The number of benzene rings is 1.